The van der Waals surface area contributed by atoms with Crippen molar-refractivity contribution in [2.24, 2.45) is 0 Å². The fourth-order valence-corrected chi connectivity index (χ4v) is 1.85. The average molecular weight is 220 g/mol. The number of hydrogen-bond acceptors (Lipinski definition) is 3. The molecule has 1 aromatic heterocycles. The van der Waals surface area contributed by atoms with Crippen molar-refractivity contribution in [2.45, 2.75) is 13.0 Å². The third-order valence-electron chi connectivity index (χ3n) is 1.43. The summed E-state index contributed by atoms with van der Waals surface area (Å²) in [5.41, 5.74) is 0. The molecule has 0 aromatic carbocycles. The smallest absolute Gasteiger partial charge is 0.222 e. The first kappa shape index (κ1) is 10.5. The molecule has 0 radical (unpaired) electrons. The molecule has 0 aliphatic heterocycles. The van der Waals surface area contributed by atoms with Crippen LogP contribution in [-0.2, 0) is 11.3 Å². The lowest BCUT2D eigenvalue weighted by Crippen LogP contribution is -2.22. The van der Waals surface area contributed by atoms with Gasteiger partial charge in [-0.2, -0.15) is 0 Å². The van der Waals surface area contributed by atoms with Crippen LogP contribution < -0.4 is 5.32 Å². The van der Waals surface area contributed by atoms with Crippen molar-refractivity contribution in [1.29, 1.82) is 0 Å². The van der Waals surface area contributed by atoms with E-state index in [9.17, 15) is 4.79 Å². The third kappa shape index (κ3) is 3.76. The van der Waals surface area contributed by atoms with Crippen molar-refractivity contribution in [3.63, 3.8) is 0 Å². The van der Waals surface area contributed by atoms with Crippen LogP contribution >= 0.6 is 22.9 Å². The van der Waals surface area contributed by atoms with Gasteiger partial charge in [-0.3, -0.25) is 4.79 Å². The molecule has 0 saturated carbocycles. The largest absolute Gasteiger partial charge is 0.396 e. The lowest BCUT2D eigenvalue weighted by atomic mass is 10.4. The summed E-state index contributed by atoms with van der Waals surface area (Å²) in [6.07, 6.45) is 0.152. The maximum Gasteiger partial charge on any atom is 0.222 e. The number of amides is 1. The molecular formula is C8H10ClNO2S. The van der Waals surface area contributed by atoms with Crippen LogP contribution in [0.4, 0.5) is 0 Å². The zero-order chi connectivity index (χ0) is 9.68. The van der Waals surface area contributed by atoms with Gasteiger partial charge in [0.15, 0.2) is 0 Å². The number of carbonyl (C=O) groups excluding carboxylic acids is 1. The Balaban J connectivity index is 2.30. The van der Waals surface area contributed by atoms with Crippen LogP contribution in [0.25, 0.3) is 0 Å². The van der Waals surface area contributed by atoms with Gasteiger partial charge in [0.2, 0.25) is 5.91 Å². The number of halogens is 1. The van der Waals surface area contributed by atoms with Crippen molar-refractivity contribution in [3.8, 4) is 0 Å². The molecule has 0 saturated heterocycles. The summed E-state index contributed by atoms with van der Waals surface area (Å²) in [5.74, 6) is -0.146. The number of rotatable bonds is 4. The first-order valence-electron chi connectivity index (χ1n) is 3.84. The number of aliphatic hydroxyl groups excluding tert-OH is 1. The minimum Gasteiger partial charge on any atom is -0.396 e. The maximum absolute atomic E-state index is 10.9. The fraction of sp³-hybridized carbons (Fsp3) is 0.375. The highest BCUT2D eigenvalue weighted by molar-refractivity contribution is 7.16. The Kier molecular flexibility index (Phi) is 4.21. The Labute approximate surface area is 85.3 Å². The van der Waals surface area contributed by atoms with E-state index < -0.39 is 0 Å². The molecule has 0 atom stereocenters. The van der Waals surface area contributed by atoms with Crippen LogP contribution in [0.15, 0.2) is 12.1 Å². The lowest BCUT2D eigenvalue weighted by Gasteiger charge is -2.00. The lowest BCUT2D eigenvalue weighted by molar-refractivity contribution is -0.121. The van der Waals surface area contributed by atoms with Crippen LogP contribution in [0.1, 0.15) is 11.3 Å². The Morgan fingerprint density at radius 2 is 2.38 bits per heavy atom. The summed E-state index contributed by atoms with van der Waals surface area (Å²) in [7, 11) is 0. The normalized spacial score (nSPS) is 10.0. The van der Waals surface area contributed by atoms with Crippen molar-refractivity contribution >= 4 is 28.8 Å². The minimum absolute atomic E-state index is 0.114. The van der Waals surface area contributed by atoms with E-state index in [0.717, 1.165) is 4.88 Å². The van der Waals surface area contributed by atoms with E-state index >= 15 is 0 Å². The van der Waals surface area contributed by atoms with Crippen molar-refractivity contribution in [3.05, 3.63) is 21.3 Å². The van der Waals surface area contributed by atoms with E-state index in [1.165, 1.54) is 11.3 Å². The van der Waals surface area contributed by atoms with E-state index in [1.54, 1.807) is 6.07 Å². The molecular weight excluding hydrogens is 210 g/mol. The molecule has 13 heavy (non-hydrogen) atoms. The molecule has 0 bridgehead atoms. The molecule has 1 aromatic rings. The second-order valence-corrected chi connectivity index (χ2v) is 4.26. The minimum atomic E-state index is -0.146. The summed E-state index contributed by atoms with van der Waals surface area (Å²) < 4.78 is 0.714. The van der Waals surface area contributed by atoms with Gasteiger partial charge in [-0.05, 0) is 12.1 Å². The Hall–Kier alpha value is -0.580. The second-order valence-electron chi connectivity index (χ2n) is 2.46. The van der Waals surface area contributed by atoms with E-state index in [-0.39, 0.29) is 18.9 Å². The topological polar surface area (TPSA) is 49.3 Å². The highest BCUT2D eigenvalue weighted by Crippen LogP contribution is 2.20. The average Bonchev–Trinajstić information content (AvgIpc) is 2.49. The molecule has 0 aliphatic rings. The van der Waals surface area contributed by atoms with Gasteiger partial charge in [-0.1, -0.05) is 11.6 Å². The second kappa shape index (κ2) is 5.21. The Morgan fingerprint density at radius 1 is 1.62 bits per heavy atom. The zero-order valence-corrected chi connectivity index (χ0v) is 8.49. The van der Waals surface area contributed by atoms with Crippen LogP contribution in [0, 0.1) is 0 Å². The first-order valence-corrected chi connectivity index (χ1v) is 5.03. The summed E-state index contributed by atoms with van der Waals surface area (Å²) >= 11 is 7.14. The summed E-state index contributed by atoms with van der Waals surface area (Å²) in [6.45, 7) is 0.368. The summed E-state index contributed by atoms with van der Waals surface area (Å²) in [6, 6.07) is 3.66. The van der Waals surface area contributed by atoms with Crippen molar-refractivity contribution < 1.29 is 9.90 Å². The predicted molar refractivity (Wildman–Crippen MR) is 52.9 cm³/mol. The van der Waals surface area contributed by atoms with Gasteiger partial charge in [0.1, 0.15) is 0 Å². The van der Waals surface area contributed by atoms with E-state index in [0.29, 0.717) is 10.9 Å². The number of aliphatic hydroxyl groups is 1. The van der Waals surface area contributed by atoms with Gasteiger partial charge < -0.3 is 10.4 Å². The van der Waals surface area contributed by atoms with Gasteiger partial charge in [0.05, 0.1) is 17.5 Å². The Morgan fingerprint density at radius 3 is 2.92 bits per heavy atom. The molecule has 2 N–H and O–H groups in total. The van der Waals surface area contributed by atoms with E-state index in [1.807, 2.05) is 6.07 Å². The third-order valence-corrected chi connectivity index (χ3v) is 2.66. The van der Waals surface area contributed by atoms with Crippen LogP contribution in [0.3, 0.4) is 0 Å². The monoisotopic (exact) mass is 219 g/mol. The number of nitrogens with one attached hydrogen (secondary N) is 1. The summed E-state index contributed by atoms with van der Waals surface area (Å²) in [4.78, 5) is 11.9. The Bertz CT molecular complexity index is 287. The molecule has 3 nitrogen and oxygen atoms in total. The van der Waals surface area contributed by atoms with Crippen LogP contribution in [0.2, 0.25) is 4.34 Å². The number of hydrogen-bond donors (Lipinski definition) is 2. The molecule has 1 heterocycles. The van der Waals surface area contributed by atoms with Crippen LogP contribution in [0.5, 0.6) is 0 Å². The summed E-state index contributed by atoms with van der Waals surface area (Å²) in [5, 5.41) is 11.1. The maximum atomic E-state index is 10.9. The SMILES string of the molecule is O=C(CCO)NCc1ccc(Cl)s1. The molecule has 5 heteroatoms. The van der Waals surface area contributed by atoms with Gasteiger partial charge in [0.25, 0.3) is 0 Å². The first-order chi connectivity index (χ1) is 6.22. The molecule has 1 amide bonds. The van der Waals surface area contributed by atoms with Gasteiger partial charge in [-0.15, -0.1) is 11.3 Å². The molecule has 0 spiro atoms. The molecule has 0 aliphatic carbocycles. The van der Waals surface area contributed by atoms with Gasteiger partial charge in [-0.25, -0.2) is 0 Å². The zero-order valence-electron chi connectivity index (χ0n) is 6.92. The fourth-order valence-electron chi connectivity index (χ4n) is 0.822. The van der Waals surface area contributed by atoms with Gasteiger partial charge >= 0.3 is 0 Å². The van der Waals surface area contributed by atoms with Gasteiger partial charge in [0, 0.05) is 11.3 Å². The standard InChI is InChI=1S/C8H10ClNO2S/c9-7-2-1-6(13-7)5-10-8(12)3-4-11/h1-2,11H,3-5H2,(H,10,12). The van der Waals surface area contributed by atoms with Crippen molar-refractivity contribution in [1.82, 2.24) is 5.32 Å². The molecule has 72 valence electrons. The predicted octanol–water partition coefficient (Wildman–Crippen LogP) is 1.40. The highest BCUT2D eigenvalue weighted by atomic mass is 35.5. The van der Waals surface area contributed by atoms with Crippen molar-refractivity contribution in [2.75, 3.05) is 6.61 Å². The number of thiophene rings is 1. The quantitative estimate of drug-likeness (QED) is 0.805. The van der Waals surface area contributed by atoms with E-state index in [2.05, 4.69) is 5.32 Å². The molecule has 0 unspecified atom stereocenters. The highest BCUT2D eigenvalue weighted by Gasteiger charge is 2.01. The van der Waals surface area contributed by atoms with E-state index in [4.69, 9.17) is 16.7 Å². The number of carbonyl (C=O) groups is 1. The molecule has 0 fully saturated rings. The molecule has 1 rings (SSSR count). The van der Waals surface area contributed by atoms with Crippen LogP contribution in [-0.4, -0.2) is 17.6 Å².